The fourth-order valence-corrected chi connectivity index (χ4v) is 1.92. The molecule has 2 heteroatoms. The van der Waals surface area contributed by atoms with Gasteiger partial charge in [-0.1, -0.05) is 50.2 Å². The molecule has 0 fully saturated rings. The summed E-state index contributed by atoms with van der Waals surface area (Å²) in [4.78, 5) is 0. The zero-order valence-electron chi connectivity index (χ0n) is 9.94. The van der Waals surface area contributed by atoms with E-state index in [1.165, 1.54) is 12.1 Å². The summed E-state index contributed by atoms with van der Waals surface area (Å²) in [7, 11) is 0. The molecule has 88 valence electrons. The minimum absolute atomic E-state index is 0.282. The number of phenols is 1. The van der Waals surface area contributed by atoms with Crippen molar-refractivity contribution in [1.29, 1.82) is 0 Å². The lowest BCUT2D eigenvalue weighted by molar-refractivity contribution is 0.430. The van der Waals surface area contributed by atoms with E-state index in [9.17, 15) is 9.50 Å². The Morgan fingerprint density at radius 3 is 2.18 bits per heavy atom. The Balaban J connectivity index is 2.48. The van der Waals surface area contributed by atoms with Gasteiger partial charge >= 0.3 is 0 Å². The first-order chi connectivity index (χ1) is 8.01. The van der Waals surface area contributed by atoms with Gasteiger partial charge < -0.3 is 5.11 Å². The summed E-state index contributed by atoms with van der Waals surface area (Å²) in [5.74, 6) is -0.885. The molecule has 0 aromatic heterocycles. The average Bonchev–Trinajstić information content (AvgIpc) is 2.33. The van der Waals surface area contributed by atoms with Crippen molar-refractivity contribution >= 4 is 0 Å². The van der Waals surface area contributed by atoms with E-state index >= 15 is 0 Å². The number of benzene rings is 2. The third-order valence-electron chi connectivity index (χ3n) is 3.16. The Hall–Kier alpha value is -1.83. The minimum atomic E-state index is -0.577. The summed E-state index contributed by atoms with van der Waals surface area (Å²) < 4.78 is 13.4. The number of aromatic hydroxyl groups is 1. The van der Waals surface area contributed by atoms with Gasteiger partial charge in [-0.05, 0) is 23.3 Å². The third-order valence-corrected chi connectivity index (χ3v) is 3.16. The topological polar surface area (TPSA) is 20.2 Å². The first kappa shape index (κ1) is 11.6. The highest BCUT2D eigenvalue weighted by Crippen LogP contribution is 2.33. The summed E-state index contributed by atoms with van der Waals surface area (Å²) in [6.07, 6.45) is 0. The van der Waals surface area contributed by atoms with Crippen LogP contribution in [-0.2, 0) is 5.41 Å². The van der Waals surface area contributed by atoms with Crippen LogP contribution in [0.25, 0.3) is 0 Å². The Morgan fingerprint density at radius 2 is 1.59 bits per heavy atom. The molecule has 0 atom stereocenters. The van der Waals surface area contributed by atoms with Crippen molar-refractivity contribution in [2.24, 2.45) is 0 Å². The van der Waals surface area contributed by atoms with Crippen molar-refractivity contribution in [3.8, 4) is 5.75 Å². The zero-order valence-corrected chi connectivity index (χ0v) is 9.94. The van der Waals surface area contributed by atoms with E-state index < -0.39 is 5.82 Å². The molecular formula is C15H15FO. The summed E-state index contributed by atoms with van der Waals surface area (Å²) in [6, 6.07) is 14.5. The second-order valence-electron chi connectivity index (χ2n) is 4.66. The van der Waals surface area contributed by atoms with Crippen LogP contribution in [0, 0.1) is 5.82 Å². The summed E-state index contributed by atoms with van der Waals surface area (Å²) in [6.45, 7) is 4.07. The largest absolute Gasteiger partial charge is 0.505 e. The lowest BCUT2D eigenvalue weighted by atomic mass is 9.78. The molecule has 0 aliphatic carbocycles. The second-order valence-corrected chi connectivity index (χ2v) is 4.66. The maximum absolute atomic E-state index is 13.4. The molecule has 1 N–H and O–H groups in total. The van der Waals surface area contributed by atoms with E-state index in [0.29, 0.717) is 0 Å². The van der Waals surface area contributed by atoms with E-state index in [-0.39, 0.29) is 11.2 Å². The monoisotopic (exact) mass is 230 g/mol. The number of halogens is 1. The number of hydrogen-bond acceptors (Lipinski definition) is 1. The SMILES string of the molecule is CC(C)(c1ccccc1)c1ccc(O)c(F)c1. The highest BCUT2D eigenvalue weighted by molar-refractivity contribution is 5.40. The first-order valence-corrected chi connectivity index (χ1v) is 5.56. The molecule has 2 aromatic rings. The Kier molecular flexibility index (Phi) is 2.88. The Bertz CT molecular complexity index is 518. The van der Waals surface area contributed by atoms with Crippen LogP contribution in [-0.4, -0.2) is 5.11 Å². The highest BCUT2D eigenvalue weighted by atomic mass is 19.1. The molecule has 0 unspecified atom stereocenters. The lowest BCUT2D eigenvalue weighted by Crippen LogP contribution is -2.18. The van der Waals surface area contributed by atoms with Crippen LogP contribution in [0.15, 0.2) is 48.5 Å². The van der Waals surface area contributed by atoms with Crippen molar-refractivity contribution in [1.82, 2.24) is 0 Å². The molecule has 0 aliphatic rings. The van der Waals surface area contributed by atoms with Gasteiger partial charge in [0.15, 0.2) is 11.6 Å². The Labute approximate surface area is 101 Å². The zero-order chi connectivity index (χ0) is 12.5. The molecule has 17 heavy (non-hydrogen) atoms. The molecule has 0 aliphatic heterocycles. The summed E-state index contributed by atoms with van der Waals surface area (Å²) in [5.41, 5.74) is 1.68. The van der Waals surface area contributed by atoms with Gasteiger partial charge in [-0.3, -0.25) is 0 Å². The fourth-order valence-electron chi connectivity index (χ4n) is 1.92. The summed E-state index contributed by atoms with van der Waals surface area (Å²) in [5, 5.41) is 9.21. The van der Waals surface area contributed by atoms with Crippen LogP contribution in [0.4, 0.5) is 4.39 Å². The number of phenolic OH excluding ortho intramolecular Hbond substituents is 1. The van der Waals surface area contributed by atoms with Crippen molar-refractivity contribution in [3.05, 3.63) is 65.5 Å². The van der Waals surface area contributed by atoms with Gasteiger partial charge in [0.05, 0.1) is 0 Å². The molecular weight excluding hydrogens is 215 g/mol. The molecule has 0 heterocycles. The van der Waals surface area contributed by atoms with E-state index in [1.54, 1.807) is 6.07 Å². The quantitative estimate of drug-likeness (QED) is 0.830. The van der Waals surface area contributed by atoms with Crippen molar-refractivity contribution in [3.63, 3.8) is 0 Å². The second kappa shape index (κ2) is 4.21. The first-order valence-electron chi connectivity index (χ1n) is 5.56. The number of rotatable bonds is 2. The van der Waals surface area contributed by atoms with Crippen LogP contribution >= 0.6 is 0 Å². The van der Waals surface area contributed by atoms with Crippen LogP contribution in [0.1, 0.15) is 25.0 Å². The predicted molar refractivity (Wildman–Crippen MR) is 66.6 cm³/mol. The maximum Gasteiger partial charge on any atom is 0.165 e. The molecule has 0 radical (unpaired) electrons. The van der Waals surface area contributed by atoms with Crippen LogP contribution in [0.5, 0.6) is 5.75 Å². The molecule has 0 saturated heterocycles. The third kappa shape index (κ3) is 2.16. The fraction of sp³-hybridized carbons (Fsp3) is 0.200. The van der Waals surface area contributed by atoms with Gasteiger partial charge in [0.1, 0.15) is 0 Å². The van der Waals surface area contributed by atoms with Crippen LogP contribution in [0.2, 0.25) is 0 Å². The molecule has 2 aromatic carbocycles. The Morgan fingerprint density at radius 1 is 0.941 bits per heavy atom. The van der Waals surface area contributed by atoms with Gasteiger partial charge in [-0.15, -0.1) is 0 Å². The van der Waals surface area contributed by atoms with Crippen molar-refractivity contribution < 1.29 is 9.50 Å². The van der Waals surface area contributed by atoms with Crippen LogP contribution in [0.3, 0.4) is 0 Å². The molecule has 1 nitrogen and oxygen atoms in total. The van der Waals surface area contributed by atoms with Gasteiger partial charge in [-0.2, -0.15) is 0 Å². The van der Waals surface area contributed by atoms with E-state index in [0.717, 1.165) is 11.1 Å². The van der Waals surface area contributed by atoms with E-state index in [4.69, 9.17) is 0 Å². The minimum Gasteiger partial charge on any atom is -0.505 e. The maximum atomic E-state index is 13.4. The van der Waals surface area contributed by atoms with Crippen molar-refractivity contribution in [2.75, 3.05) is 0 Å². The predicted octanol–water partition coefficient (Wildman–Crippen LogP) is 3.86. The normalized spacial score (nSPS) is 11.5. The van der Waals surface area contributed by atoms with Gasteiger partial charge in [0, 0.05) is 5.41 Å². The molecule has 0 saturated carbocycles. The van der Waals surface area contributed by atoms with Gasteiger partial charge in [0.2, 0.25) is 0 Å². The molecule has 2 rings (SSSR count). The smallest absolute Gasteiger partial charge is 0.165 e. The van der Waals surface area contributed by atoms with Crippen LogP contribution < -0.4 is 0 Å². The van der Waals surface area contributed by atoms with E-state index in [1.807, 2.05) is 44.2 Å². The summed E-state index contributed by atoms with van der Waals surface area (Å²) >= 11 is 0. The average molecular weight is 230 g/mol. The lowest BCUT2D eigenvalue weighted by Gasteiger charge is -2.26. The van der Waals surface area contributed by atoms with Gasteiger partial charge in [-0.25, -0.2) is 4.39 Å². The molecule has 0 spiro atoms. The standard InChI is InChI=1S/C15H15FO/c1-15(2,11-6-4-3-5-7-11)12-8-9-14(17)13(16)10-12/h3-10,17H,1-2H3. The van der Waals surface area contributed by atoms with Gasteiger partial charge in [0.25, 0.3) is 0 Å². The molecule has 0 amide bonds. The molecule has 0 bridgehead atoms. The highest BCUT2D eigenvalue weighted by Gasteiger charge is 2.23. The van der Waals surface area contributed by atoms with E-state index in [2.05, 4.69) is 0 Å². The van der Waals surface area contributed by atoms with Crippen molar-refractivity contribution in [2.45, 2.75) is 19.3 Å². The number of hydrogen-bond donors (Lipinski definition) is 1.